The van der Waals surface area contributed by atoms with E-state index in [0.29, 0.717) is 6.10 Å². The molecule has 0 aromatic carbocycles. The van der Waals surface area contributed by atoms with Crippen molar-refractivity contribution in [1.29, 1.82) is 0 Å². The number of anilines is 1. The van der Waals surface area contributed by atoms with Gasteiger partial charge in [0.05, 0.1) is 6.10 Å². The van der Waals surface area contributed by atoms with Crippen molar-refractivity contribution in [2.24, 2.45) is 4.99 Å². The Kier molecular flexibility index (Phi) is 13.9. The summed E-state index contributed by atoms with van der Waals surface area (Å²) in [5.41, 5.74) is 0. The first kappa shape index (κ1) is 28.0. The van der Waals surface area contributed by atoms with Gasteiger partial charge in [0.15, 0.2) is 5.96 Å². The number of piperidine rings is 1. The van der Waals surface area contributed by atoms with Crippen LogP contribution in [0.5, 0.6) is 0 Å². The fraction of sp³-hybridized carbons (Fsp3) is 0.783. The Labute approximate surface area is 216 Å². The molecule has 1 N–H and O–H groups in total. The second-order valence-electron chi connectivity index (χ2n) is 8.37. The Morgan fingerprint density at radius 2 is 1.79 bits per heavy atom. The Morgan fingerprint density at radius 1 is 1.06 bits per heavy atom. The molecule has 3 rings (SSSR count). The van der Waals surface area contributed by atoms with Crippen molar-refractivity contribution >= 4 is 35.9 Å². The predicted molar refractivity (Wildman–Crippen MR) is 144 cm³/mol. The van der Waals surface area contributed by atoms with Gasteiger partial charge in [0.25, 0.3) is 0 Å². The van der Waals surface area contributed by atoms with Gasteiger partial charge in [-0.3, -0.25) is 9.89 Å². The molecule has 33 heavy (non-hydrogen) atoms. The molecule has 2 aliphatic rings. The summed E-state index contributed by atoms with van der Waals surface area (Å²) >= 11 is 0. The Morgan fingerprint density at radius 3 is 2.45 bits per heavy atom. The van der Waals surface area contributed by atoms with Crippen molar-refractivity contribution in [2.45, 2.75) is 38.7 Å². The molecule has 188 valence electrons. The van der Waals surface area contributed by atoms with Crippen molar-refractivity contribution in [2.75, 3.05) is 84.1 Å². The Balaban J connectivity index is 0.00000385. The van der Waals surface area contributed by atoms with Gasteiger partial charge in [0, 0.05) is 91.6 Å². The van der Waals surface area contributed by atoms with E-state index in [-0.39, 0.29) is 24.0 Å². The number of aliphatic imine (C=N–C) groups is 1. The number of hydrogen-bond donors (Lipinski definition) is 1. The quantitative estimate of drug-likeness (QED) is 0.186. The van der Waals surface area contributed by atoms with Crippen LogP contribution in [0, 0.1) is 0 Å². The van der Waals surface area contributed by atoms with Crippen LogP contribution in [0.25, 0.3) is 0 Å². The summed E-state index contributed by atoms with van der Waals surface area (Å²) in [5.74, 6) is 1.90. The third kappa shape index (κ3) is 9.87. The van der Waals surface area contributed by atoms with Crippen LogP contribution in [-0.2, 0) is 9.47 Å². The van der Waals surface area contributed by atoms with Crippen molar-refractivity contribution < 1.29 is 9.47 Å². The molecule has 0 saturated carbocycles. The maximum Gasteiger partial charge on any atom is 0.225 e. The number of guanidine groups is 1. The number of ether oxygens (including phenoxy) is 2. The van der Waals surface area contributed by atoms with Crippen LogP contribution >= 0.6 is 24.0 Å². The number of aromatic nitrogens is 2. The molecule has 2 fully saturated rings. The molecular formula is C23H42IN7O2. The third-order valence-corrected chi connectivity index (χ3v) is 6.02. The molecular weight excluding hydrogens is 533 g/mol. The number of nitrogens with one attached hydrogen (secondary N) is 1. The molecule has 0 unspecified atom stereocenters. The molecule has 9 nitrogen and oxygen atoms in total. The molecule has 0 bridgehead atoms. The van der Waals surface area contributed by atoms with E-state index in [1.807, 2.05) is 18.5 Å². The first-order valence-corrected chi connectivity index (χ1v) is 12.2. The van der Waals surface area contributed by atoms with Gasteiger partial charge in [-0.25, -0.2) is 9.97 Å². The van der Waals surface area contributed by atoms with Crippen LogP contribution < -0.4 is 10.2 Å². The molecule has 2 saturated heterocycles. The molecule has 0 spiro atoms. The second-order valence-corrected chi connectivity index (χ2v) is 8.37. The first-order valence-electron chi connectivity index (χ1n) is 12.2. The summed E-state index contributed by atoms with van der Waals surface area (Å²) in [6, 6.07) is 1.86. The van der Waals surface area contributed by atoms with E-state index in [1.165, 1.54) is 0 Å². The topological polar surface area (TPSA) is 78.4 Å². The van der Waals surface area contributed by atoms with Crippen molar-refractivity contribution in [1.82, 2.24) is 25.1 Å². The number of methoxy groups -OCH3 is 1. The zero-order valence-electron chi connectivity index (χ0n) is 20.3. The van der Waals surface area contributed by atoms with E-state index < -0.39 is 0 Å². The van der Waals surface area contributed by atoms with Gasteiger partial charge < -0.3 is 24.6 Å². The van der Waals surface area contributed by atoms with Crippen molar-refractivity contribution in [3.8, 4) is 0 Å². The van der Waals surface area contributed by atoms with Crippen LogP contribution in [0.15, 0.2) is 23.5 Å². The van der Waals surface area contributed by atoms with Crippen LogP contribution in [0.4, 0.5) is 5.95 Å². The fourth-order valence-electron chi connectivity index (χ4n) is 4.22. The number of nitrogens with zero attached hydrogens (tertiary/aromatic N) is 6. The summed E-state index contributed by atoms with van der Waals surface area (Å²) in [6.07, 6.45) is 8.16. The Bertz CT molecular complexity index is 651. The van der Waals surface area contributed by atoms with Gasteiger partial charge in [-0.2, -0.15) is 0 Å². The van der Waals surface area contributed by atoms with E-state index in [0.717, 1.165) is 110 Å². The average Bonchev–Trinajstić information content (AvgIpc) is 2.85. The van der Waals surface area contributed by atoms with Gasteiger partial charge in [0.1, 0.15) is 0 Å². The smallest absolute Gasteiger partial charge is 0.225 e. The fourth-order valence-corrected chi connectivity index (χ4v) is 4.22. The molecule has 2 aliphatic heterocycles. The summed E-state index contributed by atoms with van der Waals surface area (Å²) < 4.78 is 11.1. The van der Waals surface area contributed by atoms with Gasteiger partial charge in [-0.05, 0) is 38.7 Å². The van der Waals surface area contributed by atoms with Crippen molar-refractivity contribution in [3.05, 3.63) is 18.5 Å². The summed E-state index contributed by atoms with van der Waals surface area (Å²) in [4.78, 5) is 20.8. The highest BCUT2D eigenvalue weighted by molar-refractivity contribution is 14.0. The lowest BCUT2D eigenvalue weighted by Crippen LogP contribution is -2.47. The SMILES string of the molecule is CCNC(=NCCCN1CCN(c2ncccn2)CC1)N1CCC(OCCCOC)CC1.I. The number of hydrogen-bond acceptors (Lipinski definition) is 7. The van der Waals surface area contributed by atoms with Crippen LogP contribution in [0.3, 0.4) is 0 Å². The van der Waals surface area contributed by atoms with Crippen molar-refractivity contribution in [3.63, 3.8) is 0 Å². The van der Waals surface area contributed by atoms with Crippen LogP contribution in [0.2, 0.25) is 0 Å². The molecule has 1 aromatic rings. The number of piperazine rings is 1. The van der Waals surface area contributed by atoms with E-state index in [9.17, 15) is 0 Å². The molecule has 3 heterocycles. The van der Waals surface area contributed by atoms with Gasteiger partial charge in [0.2, 0.25) is 5.95 Å². The predicted octanol–water partition coefficient (Wildman–Crippen LogP) is 2.09. The monoisotopic (exact) mass is 575 g/mol. The lowest BCUT2D eigenvalue weighted by Gasteiger charge is -2.35. The zero-order chi connectivity index (χ0) is 22.4. The maximum absolute atomic E-state index is 5.99. The van der Waals surface area contributed by atoms with Gasteiger partial charge >= 0.3 is 0 Å². The number of rotatable bonds is 11. The summed E-state index contributed by atoms with van der Waals surface area (Å²) in [5, 5.41) is 3.47. The largest absolute Gasteiger partial charge is 0.385 e. The molecule has 0 radical (unpaired) electrons. The minimum absolute atomic E-state index is 0. The van der Waals surface area contributed by atoms with Crippen LogP contribution in [-0.4, -0.2) is 111 Å². The van der Waals surface area contributed by atoms with Gasteiger partial charge in [-0.1, -0.05) is 0 Å². The number of halogens is 1. The lowest BCUT2D eigenvalue weighted by atomic mass is 10.1. The van der Waals surface area contributed by atoms with E-state index >= 15 is 0 Å². The molecule has 0 atom stereocenters. The second kappa shape index (κ2) is 16.4. The standard InChI is InChI=1S/C23H41N7O2.HI/c1-3-24-22(29-13-7-21(8-14-29)32-20-6-19-31-2)27-11-5-12-28-15-17-30(18-16-28)23-25-9-4-10-26-23;/h4,9-10,21H,3,5-8,11-20H2,1-2H3,(H,24,27);1H. The zero-order valence-corrected chi connectivity index (χ0v) is 22.7. The van der Waals surface area contributed by atoms with E-state index in [1.54, 1.807) is 7.11 Å². The first-order chi connectivity index (χ1) is 15.8. The van der Waals surface area contributed by atoms with Gasteiger partial charge in [-0.15, -0.1) is 24.0 Å². The highest BCUT2D eigenvalue weighted by Gasteiger charge is 2.22. The minimum Gasteiger partial charge on any atom is -0.385 e. The molecule has 0 aliphatic carbocycles. The third-order valence-electron chi connectivity index (χ3n) is 6.02. The maximum atomic E-state index is 5.99. The minimum atomic E-state index is 0. The molecule has 0 amide bonds. The number of likely N-dealkylation sites (tertiary alicyclic amines) is 1. The van der Waals surface area contributed by atoms with E-state index in [4.69, 9.17) is 14.5 Å². The van der Waals surface area contributed by atoms with E-state index in [2.05, 4.69) is 36.9 Å². The molecule has 1 aromatic heterocycles. The summed E-state index contributed by atoms with van der Waals surface area (Å²) in [6.45, 7) is 12.6. The Hall–Kier alpha value is -1.24. The highest BCUT2D eigenvalue weighted by atomic mass is 127. The molecule has 10 heteroatoms. The lowest BCUT2D eigenvalue weighted by molar-refractivity contribution is 0.00990. The average molecular weight is 576 g/mol. The van der Waals surface area contributed by atoms with Crippen LogP contribution in [0.1, 0.15) is 32.6 Å². The normalized spacial score (nSPS) is 18.3. The summed E-state index contributed by atoms with van der Waals surface area (Å²) in [7, 11) is 1.74. The highest BCUT2D eigenvalue weighted by Crippen LogP contribution is 2.14.